The van der Waals surface area contributed by atoms with Gasteiger partial charge in [0, 0.05) is 5.56 Å². The number of hydrogen-bond donors (Lipinski definition) is 1. The van der Waals surface area contributed by atoms with E-state index in [0.717, 1.165) is 5.56 Å². The highest BCUT2D eigenvalue weighted by molar-refractivity contribution is 5.71. The van der Waals surface area contributed by atoms with Crippen molar-refractivity contribution in [2.45, 2.75) is 39.7 Å². The molecule has 0 saturated carbocycles. The van der Waals surface area contributed by atoms with Gasteiger partial charge in [-0.15, -0.1) is 10.2 Å². The maximum atomic E-state index is 11.2. The van der Waals surface area contributed by atoms with Crippen LogP contribution in [0.15, 0.2) is 28.7 Å². The van der Waals surface area contributed by atoms with Crippen LogP contribution in [-0.2, 0) is 21.5 Å². The van der Waals surface area contributed by atoms with Crippen LogP contribution in [0.5, 0.6) is 0 Å². The molecule has 0 fully saturated rings. The summed E-state index contributed by atoms with van der Waals surface area (Å²) in [6, 6.07) is 8.09. The largest absolute Gasteiger partial charge is 0.465 e. The predicted molar refractivity (Wildman–Crippen MR) is 86.8 cm³/mol. The first-order valence-corrected chi connectivity index (χ1v) is 7.70. The molecule has 124 valence electrons. The lowest BCUT2D eigenvalue weighted by Gasteiger charge is -2.18. The van der Waals surface area contributed by atoms with E-state index in [1.165, 1.54) is 5.56 Å². The molecule has 1 aromatic heterocycles. The van der Waals surface area contributed by atoms with Crippen molar-refractivity contribution in [1.82, 2.24) is 15.5 Å². The normalized spacial score (nSPS) is 11.5. The van der Waals surface area contributed by atoms with Crippen LogP contribution in [0.2, 0.25) is 0 Å². The van der Waals surface area contributed by atoms with Crippen molar-refractivity contribution in [2.24, 2.45) is 0 Å². The number of carbonyl (C=O) groups is 1. The van der Waals surface area contributed by atoms with E-state index in [-0.39, 0.29) is 17.9 Å². The number of nitrogens with zero attached hydrogens (tertiary/aromatic N) is 2. The summed E-state index contributed by atoms with van der Waals surface area (Å²) in [5.41, 5.74) is 2.23. The van der Waals surface area contributed by atoms with Crippen molar-refractivity contribution in [2.75, 3.05) is 13.2 Å². The Bertz CT molecular complexity index is 642. The lowest BCUT2D eigenvalue weighted by atomic mass is 9.87. The Morgan fingerprint density at radius 1 is 1.22 bits per heavy atom. The summed E-state index contributed by atoms with van der Waals surface area (Å²) in [6.07, 6.45) is 0. The van der Waals surface area contributed by atoms with Crippen molar-refractivity contribution in [3.05, 3.63) is 35.7 Å². The molecule has 0 aliphatic rings. The van der Waals surface area contributed by atoms with Gasteiger partial charge in [-0.1, -0.05) is 32.9 Å². The Labute approximate surface area is 136 Å². The smallest absolute Gasteiger partial charge is 0.319 e. The SMILES string of the molecule is CCOC(=O)CNCc1nnc(-c2ccc(C(C)(C)C)cc2)o1. The van der Waals surface area contributed by atoms with E-state index in [1.54, 1.807) is 6.92 Å². The van der Waals surface area contributed by atoms with Gasteiger partial charge in [-0.3, -0.25) is 10.1 Å². The van der Waals surface area contributed by atoms with Crippen LogP contribution >= 0.6 is 0 Å². The van der Waals surface area contributed by atoms with Gasteiger partial charge in [-0.05, 0) is 30.0 Å². The van der Waals surface area contributed by atoms with Crippen molar-refractivity contribution < 1.29 is 13.9 Å². The van der Waals surface area contributed by atoms with E-state index in [1.807, 2.05) is 12.1 Å². The Morgan fingerprint density at radius 2 is 1.91 bits per heavy atom. The molecule has 0 amide bonds. The van der Waals surface area contributed by atoms with Crippen LogP contribution in [0.25, 0.3) is 11.5 Å². The predicted octanol–water partition coefficient (Wildman–Crippen LogP) is 2.69. The standard InChI is InChI=1S/C17H23N3O3/c1-5-22-15(21)11-18-10-14-19-20-16(23-14)12-6-8-13(9-7-12)17(2,3)4/h6-9,18H,5,10-11H2,1-4H3. The second-order valence-electron chi connectivity index (χ2n) is 6.24. The molecule has 0 atom stereocenters. The third-order valence-corrected chi connectivity index (χ3v) is 3.32. The number of hydrogen-bond acceptors (Lipinski definition) is 6. The molecular weight excluding hydrogens is 294 g/mol. The van der Waals surface area contributed by atoms with E-state index in [9.17, 15) is 4.79 Å². The lowest BCUT2D eigenvalue weighted by molar-refractivity contribution is -0.142. The molecule has 6 heteroatoms. The van der Waals surface area contributed by atoms with Gasteiger partial charge in [0.05, 0.1) is 19.7 Å². The van der Waals surface area contributed by atoms with E-state index in [4.69, 9.17) is 9.15 Å². The van der Waals surface area contributed by atoms with Gasteiger partial charge in [-0.2, -0.15) is 0 Å². The number of ether oxygens (including phenoxy) is 1. The molecule has 0 spiro atoms. The van der Waals surface area contributed by atoms with Crippen molar-refractivity contribution >= 4 is 5.97 Å². The topological polar surface area (TPSA) is 77.2 Å². The Hall–Kier alpha value is -2.21. The maximum Gasteiger partial charge on any atom is 0.319 e. The van der Waals surface area contributed by atoms with Crippen molar-refractivity contribution in [3.8, 4) is 11.5 Å². The fraction of sp³-hybridized carbons (Fsp3) is 0.471. The van der Waals surface area contributed by atoms with Gasteiger partial charge >= 0.3 is 5.97 Å². The molecule has 6 nitrogen and oxygen atoms in total. The molecule has 0 aliphatic carbocycles. The third kappa shape index (κ3) is 4.89. The van der Waals surface area contributed by atoms with Crippen LogP contribution in [0, 0.1) is 0 Å². The van der Waals surface area contributed by atoms with Crippen LogP contribution in [0.4, 0.5) is 0 Å². The summed E-state index contributed by atoms with van der Waals surface area (Å²) in [4.78, 5) is 11.2. The van der Waals surface area contributed by atoms with Crippen LogP contribution in [0.3, 0.4) is 0 Å². The number of nitrogens with one attached hydrogen (secondary N) is 1. The van der Waals surface area contributed by atoms with Crippen LogP contribution < -0.4 is 5.32 Å². The second kappa shape index (κ2) is 7.37. The highest BCUT2D eigenvalue weighted by Gasteiger charge is 2.14. The zero-order valence-corrected chi connectivity index (χ0v) is 14.0. The molecular formula is C17H23N3O3. The van der Waals surface area contributed by atoms with Gasteiger partial charge in [0.15, 0.2) is 0 Å². The molecule has 0 unspecified atom stereocenters. The summed E-state index contributed by atoms with van der Waals surface area (Å²) in [7, 11) is 0. The van der Waals surface area contributed by atoms with Gasteiger partial charge < -0.3 is 9.15 Å². The van der Waals surface area contributed by atoms with Crippen molar-refractivity contribution in [1.29, 1.82) is 0 Å². The number of rotatable bonds is 6. The highest BCUT2D eigenvalue weighted by Crippen LogP contribution is 2.25. The molecule has 1 heterocycles. The highest BCUT2D eigenvalue weighted by atomic mass is 16.5. The summed E-state index contributed by atoms with van der Waals surface area (Å²) < 4.78 is 10.4. The molecule has 0 aliphatic heterocycles. The molecule has 0 bridgehead atoms. The fourth-order valence-electron chi connectivity index (χ4n) is 2.04. The van der Waals surface area contributed by atoms with Gasteiger partial charge in [0.25, 0.3) is 0 Å². The van der Waals surface area contributed by atoms with Gasteiger partial charge in [0.2, 0.25) is 11.8 Å². The molecule has 2 rings (SSSR count). The molecule has 1 N–H and O–H groups in total. The minimum absolute atomic E-state index is 0.107. The van der Waals surface area contributed by atoms with Gasteiger partial charge in [0.1, 0.15) is 0 Å². The third-order valence-electron chi connectivity index (χ3n) is 3.32. The summed E-state index contributed by atoms with van der Waals surface area (Å²) in [6.45, 7) is 9.09. The Balaban J connectivity index is 1.95. The maximum absolute atomic E-state index is 11.2. The lowest BCUT2D eigenvalue weighted by Crippen LogP contribution is -2.24. The molecule has 0 radical (unpaired) electrons. The minimum atomic E-state index is -0.301. The summed E-state index contributed by atoms with van der Waals surface area (Å²) in [5, 5.41) is 10.9. The van der Waals surface area contributed by atoms with E-state index < -0.39 is 0 Å². The van der Waals surface area contributed by atoms with Gasteiger partial charge in [-0.25, -0.2) is 0 Å². The zero-order chi connectivity index (χ0) is 16.9. The van der Waals surface area contributed by atoms with E-state index in [2.05, 4.69) is 48.4 Å². The fourth-order valence-corrected chi connectivity index (χ4v) is 2.04. The number of benzene rings is 1. The average Bonchev–Trinajstić information content (AvgIpc) is 2.96. The Kier molecular flexibility index (Phi) is 5.50. The monoisotopic (exact) mass is 317 g/mol. The first-order chi connectivity index (χ1) is 10.9. The Morgan fingerprint density at radius 3 is 2.52 bits per heavy atom. The molecule has 1 aromatic carbocycles. The summed E-state index contributed by atoms with van der Waals surface area (Å²) >= 11 is 0. The van der Waals surface area contributed by atoms with Crippen LogP contribution in [0.1, 0.15) is 39.1 Å². The second-order valence-corrected chi connectivity index (χ2v) is 6.24. The molecule has 2 aromatic rings. The number of esters is 1. The molecule has 23 heavy (non-hydrogen) atoms. The van der Waals surface area contributed by atoms with Crippen molar-refractivity contribution in [3.63, 3.8) is 0 Å². The average molecular weight is 317 g/mol. The zero-order valence-electron chi connectivity index (χ0n) is 14.0. The first-order valence-electron chi connectivity index (χ1n) is 7.70. The number of aromatic nitrogens is 2. The minimum Gasteiger partial charge on any atom is -0.465 e. The van der Waals surface area contributed by atoms with E-state index >= 15 is 0 Å². The molecule has 0 saturated heterocycles. The quantitative estimate of drug-likeness (QED) is 0.825. The first kappa shape index (κ1) is 17.1. The number of carbonyl (C=O) groups excluding carboxylic acids is 1. The van der Waals surface area contributed by atoms with Crippen LogP contribution in [-0.4, -0.2) is 29.3 Å². The van der Waals surface area contributed by atoms with E-state index in [0.29, 0.717) is 24.9 Å². The summed E-state index contributed by atoms with van der Waals surface area (Å²) in [5.74, 6) is 0.604.